The minimum absolute atomic E-state index is 0.00902. The molecular weight excluding hydrogens is 360 g/mol. The van der Waals surface area contributed by atoms with E-state index in [9.17, 15) is 13.2 Å². The summed E-state index contributed by atoms with van der Waals surface area (Å²) >= 11 is 1.20. The second kappa shape index (κ2) is 7.29. The number of hydrogen-bond acceptors (Lipinski definition) is 7. The fourth-order valence-corrected chi connectivity index (χ4v) is 5.32. The van der Waals surface area contributed by atoms with E-state index in [1.54, 1.807) is 0 Å². The predicted octanol–water partition coefficient (Wildman–Crippen LogP) is 2.64. The minimum Gasteiger partial charge on any atom is -0.416 e. The first-order chi connectivity index (χ1) is 11.8. The maximum atomic E-state index is 12.3. The summed E-state index contributed by atoms with van der Waals surface area (Å²) in [4.78, 5) is 12.3. The van der Waals surface area contributed by atoms with Crippen LogP contribution >= 0.6 is 11.8 Å². The number of thioether (sulfide) groups is 1. The lowest BCUT2D eigenvalue weighted by atomic mass is 10.0. The Hall–Kier alpha value is -1.67. The molecule has 2 aromatic rings. The van der Waals surface area contributed by atoms with Crippen LogP contribution in [0.2, 0.25) is 0 Å². The highest BCUT2D eigenvalue weighted by Gasteiger charge is 2.29. The first kappa shape index (κ1) is 18.1. The smallest absolute Gasteiger partial charge is 0.277 e. The molecule has 0 radical (unpaired) electrons. The molecule has 1 fully saturated rings. The Morgan fingerprint density at radius 3 is 2.76 bits per heavy atom. The summed E-state index contributed by atoms with van der Waals surface area (Å²) in [5, 5.41) is 8.24. The van der Waals surface area contributed by atoms with Crippen LogP contribution in [0.25, 0.3) is 0 Å². The third kappa shape index (κ3) is 4.70. The Bertz CT molecular complexity index is 890. The Balaban J connectivity index is 1.54. The maximum Gasteiger partial charge on any atom is 0.277 e. The summed E-state index contributed by atoms with van der Waals surface area (Å²) in [7, 11) is -2.91. The van der Waals surface area contributed by atoms with Crippen LogP contribution in [0.15, 0.2) is 27.8 Å². The van der Waals surface area contributed by atoms with Crippen LogP contribution < -0.4 is 0 Å². The van der Waals surface area contributed by atoms with Gasteiger partial charge in [-0.15, -0.1) is 10.2 Å². The Morgan fingerprint density at radius 2 is 2.08 bits per heavy atom. The summed E-state index contributed by atoms with van der Waals surface area (Å²) in [6.45, 7) is 3.99. The number of carbonyl (C=O) groups excluding carboxylic acids is 1. The molecule has 8 heteroatoms. The second-order valence-electron chi connectivity index (χ2n) is 6.45. The average molecular weight is 380 g/mol. The molecule has 6 nitrogen and oxygen atoms in total. The van der Waals surface area contributed by atoms with Crippen LogP contribution in [-0.4, -0.2) is 41.7 Å². The topological polar surface area (TPSA) is 90.1 Å². The van der Waals surface area contributed by atoms with Gasteiger partial charge in [0.25, 0.3) is 5.22 Å². The number of carbonyl (C=O) groups is 1. The number of aromatic nitrogens is 2. The SMILES string of the molecule is Cc1ccc(C(=O)CSc2nnc(CC3CCS(=O)(=O)C3)o2)cc1C. The minimum atomic E-state index is -2.91. The van der Waals surface area contributed by atoms with E-state index < -0.39 is 9.84 Å². The van der Waals surface area contributed by atoms with Gasteiger partial charge in [0.05, 0.1) is 17.3 Å². The largest absolute Gasteiger partial charge is 0.416 e. The summed E-state index contributed by atoms with van der Waals surface area (Å²) in [5.74, 6) is 1.13. The number of aryl methyl sites for hydroxylation is 2. The van der Waals surface area contributed by atoms with Crippen molar-refractivity contribution >= 4 is 27.4 Å². The molecule has 1 aliphatic rings. The van der Waals surface area contributed by atoms with E-state index >= 15 is 0 Å². The van der Waals surface area contributed by atoms with Gasteiger partial charge < -0.3 is 4.42 Å². The Kier molecular flexibility index (Phi) is 5.29. The molecule has 0 bridgehead atoms. The molecule has 1 aromatic carbocycles. The van der Waals surface area contributed by atoms with Crippen molar-refractivity contribution in [2.45, 2.75) is 31.9 Å². The first-order valence-corrected chi connectivity index (χ1v) is 10.9. The van der Waals surface area contributed by atoms with Crippen molar-refractivity contribution in [3.05, 3.63) is 40.8 Å². The molecular formula is C17H20N2O4S2. The molecule has 0 amide bonds. The van der Waals surface area contributed by atoms with Crippen molar-refractivity contribution in [2.75, 3.05) is 17.3 Å². The highest BCUT2D eigenvalue weighted by Crippen LogP contribution is 2.24. The van der Waals surface area contributed by atoms with Crippen LogP contribution in [0, 0.1) is 19.8 Å². The van der Waals surface area contributed by atoms with Gasteiger partial charge in [0.1, 0.15) is 0 Å². The third-order valence-corrected chi connectivity index (χ3v) is 7.05. The van der Waals surface area contributed by atoms with Crippen molar-refractivity contribution in [3.8, 4) is 0 Å². The molecule has 25 heavy (non-hydrogen) atoms. The van der Waals surface area contributed by atoms with Gasteiger partial charge >= 0.3 is 0 Å². The molecule has 134 valence electrons. The van der Waals surface area contributed by atoms with Gasteiger partial charge in [-0.05, 0) is 43.4 Å². The van der Waals surface area contributed by atoms with Crippen LogP contribution in [0.3, 0.4) is 0 Å². The lowest BCUT2D eigenvalue weighted by Crippen LogP contribution is -2.07. The van der Waals surface area contributed by atoms with Crippen LogP contribution in [-0.2, 0) is 16.3 Å². The van der Waals surface area contributed by atoms with Crippen molar-refractivity contribution in [1.82, 2.24) is 10.2 Å². The molecule has 3 rings (SSSR count). The quantitative estimate of drug-likeness (QED) is 0.562. The number of Topliss-reactive ketones (excluding diaryl/α,β-unsaturated/α-hetero) is 1. The van der Waals surface area contributed by atoms with E-state index in [0.29, 0.717) is 29.5 Å². The molecule has 1 aromatic heterocycles. The van der Waals surface area contributed by atoms with Crippen LogP contribution in [0.1, 0.15) is 33.8 Å². The highest BCUT2D eigenvalue weighted by atomic mass is 32.2. The number of benzene rings is 1. The van der Waals surface area contributed by atoms with Gasteiger partial charge in [-0.2, -0.15) is 0 Å². The van der Waals surface area contributed by atoms with Gasteiger partial charge in [0.15, 0.2) is 15.6 Å². The number of hydrogen-bond donors (Lipinski definition) is 0. The van der Waals surface area contributed by atoms with E-state index in [4.69, 9.17) is 4.42 Å². The fraction of sp³-hybridized carbons (Fsp3) is 0.471. The molecule has 0 spiro atoms. The molecule has 0 saturated carbocycles. The lowest BCUT2D eigenvalue weighted by molar-refractivity contribution is 0.102. The molecule has 0 N–H and O–H groups in total. The van der Waals surface area contributed by atoms with E-state index in [-0.39, 0.29) is 29.0 Å². The van der Waals surface area contributed by atoms with Crippen molar-refractivity contribution in [1.29, 1.82) is 0 Å². The van der Waals surface area contributed by atoms with E-state index in [2.05, 4.69) is 10.2 Å². The molecule has 1 saturated heterocycles. The molecule has 2 heterocycles. The van der Waals surface area contributed by atoms with Crippen LogP contribution in [0.4, 0.5) is 0 Å². The van der Waals surface area contributed by atoms with Crippen LogP contribution in [0.5, 0.6) is 0 Å². The predicted molar refractivity (Wildman–Crippen MR) is 95.7 cm³/mol. The zero-order valence-electron chi connectivity index (χ0n) is 14.2. The monoisotopic (exact) mass is 380 g/mol. The van der Waals surface area contributed by atoms with Gasteiger partial charge in [-0.1, -0.05) is 23.9 Å². The maximum absolute atomic E-state index is 12.3. The summed E-state index contributed by atoms with van der Waals surface area (Å²) < 4.78 is 28.5. The third-order valence-electron chi connectivity index (χ3n) is 4.39. The highest BCUT2D eigenvalue weighted by molar-refractivity contribution is 7.99. The number of sulfone groups is 1. The summed E-state index contributed by atoms with van der Waals surface area (Å²) in [6, 6.07) is 5.65. The fourth-order valence-electron chi connectivity index (χ4n) is 2.78. The molecule has 0 aliphatic carbocycles. The van der Waals surface area contributed by atoms with E-state index in [1.165, 1.54) is 11.8 Å². The zero-order valence-corrected chi connectivity index (χ0v) is 15.8. The molecule has 1 unspecified atom stereocenters. The van der Waals surface area contributed by atoms with E-state index in [1.807, 2.05) is 32.0 Å². The number of ketones is 1. The van der Waals surface area contributed by atoms with Gasteiger partial charge in [0, 0.05) is 12.0 Å². The Morgan fingerprint density at radius 1 is 1.28 bits per heavy atom. The van der Waals surface area contributed by atoms with Crippen molar-refractivity contribution in [3.63, 3.8) is 0 Å². The summed E-state index contributed by atoms with van der Waals surface area (Å²) in [5.41, 5.74) is 2.91. The van der Waals surface area contributed by atoms with E-state index in [0.717, 1.165) is 11.1 Å². The molecule has 1 atom stereocenters. The van der Waals surface area contributed by atoms with Gasteiger partial charge in [-0.3, -0.25) is 4.79 Å². The first-order valence-electron chi connectivity index (χ1n) is 8.08. The zero-order chi connectivity index (χ0) is 18.0. The Labute approximate surface area is 151 Å². The van der Waals surface area contributed by atoms with Crippen molar-refractivity contribution < 1.29 is 17.6 Å². The van der Waals surface area contributed by atoms with Gasteiger partial charge in [-0.25, -0.2) is 8.42 Å². The standard InChI is InChI=1S/C17H20N2O4S2/c1-11-3-4-14(7-12(11)2)15(20)9-24-17-19-18-16(23-17)8-13-5-6-25(21,22)10-13/h3-4,7,13H,5-6,8-10H2,1-2H3. The average Bonchev–Trinajstić information content (AvgIpc) is 3.14. The lowest BCUT2D eigenvalue weighted by Gasteiger charge is -2.03. The normalized spacial score (nSPS) is 19.2. The summed E-state index contributed by atoms with van der Waals surface area (Å²) in [6.07, 6.45) is 1.11. The second-order valence-corrected chi connectivity index (χ2v) is 9.60. The number of rotatable bonds is 6. The molecule has 1 aliphatic heterocycles. The van der Waals surface area contributed by atoms with Crippen molar-refractivity contribution in [2.24, 2.45) is 5.92 Å². The number of nitrogens with zero attached hydrogens (tertiary/aromatic N) is 2. The van der Waals surface area contributed by atoms with Gasteiger partial charge in [0.2, 0.25) is 5.89 Å².